The average molecular weight is 247 g/mol. The minimum atomic E-state index is -0.163. The molecule has 0 spiro atoms. The zero-order valence-corrected chi connectivity index (χ0v) is 11.1. The Labute approximate surface area is 105 Å². The Kier molecular flexibility index (Phi) is 3.07. The highest BCUT2D eigenvalue weighted by Crippen LogP contribution is 2.23. The van der Waals surface area contributed by atoms with E-state index in [4.69, 9.17) is 5.73 Å². The number of nitrogens with two attached hydrogens (primary N) is 1. The highest BCUT2D eigenvalue weighted by molar-refractivity contribution is 7.17. The van der Waals surface area contributed by atoms with Gasteiger partial charge in [0, 0.05) is 10.4 Å². The first-order valence-electron chi connectivity index (χ1n) is 5.54. The molecule has 3 N–H and O–H groups in total. The second kappa shape index (κ2) is 4.37. The lowest BCUT2D eigenvalue weighted by molar-refractivity contribution is 0.583. The molecule has 2 rings (SSSR count). The number of rotatable bonds is 1. The number of aliphatic imine (C=N–C) groups is 1. The third-order valence-corrected chi connectivity index (χ3v) is 3.08. The standard InChI is InChI=1S/C13H17N3S/c1-13(2,3)16-12(14)15-10-4-5-11-9(8-10)6-7-17-11/h4-8H,1-3H3,(H3,14,15,16). The molecule has 0 unspecified atom stereocenters. The summed E-state index contributed by atoms with van der Waals surface area (Å²) >= 11 is 1.74. The van der Waals surface area contributed by atoms with Crippen molar-refractivity contribution in [1.82, 2.24) is 0 Å². The number of hydrogen-bond acceptors (Lipinski definition) is 2. The van der Waals surface area contributed by atoms with Crippen LogP contribution in [-0.2, 0) is 0 Å². The van der Waals surface area contributed by atoms with Crippen LogP contribution in [-0.4, -0.2) is 11.5 Å². The number of nitrogens with one attached hydrogen (secondary N) is 1. The molecule has 0 aliphatic heterocycles. The lowest BCUT2D eigenvalue weighted by Crippen LogP contribution is -2.27. The normalized spacial score (nSPS) is 13.0. The van der Waals surface area contributed by atoms with E-state index in [0.717, 1.165) is 5.69 Å². The van der Waals surface area contributed by atoms with Gasteiger partial charge in [0.15, 0.2) is 5.96 Å². The van der Waals surface area contributed by atoms with Gasteiger partial charge >= 0.3 is 0 Å². The van der Waals surface area contributed by atoms with Crippen LogP contribution in [0, 0.1) is 0 Å². The lowest BCUT2D eigenvalue weighted by atomic mass is 10.1. The molecule has 0 radical (unpaired) electrons. The van der Waals surface area contributed by atoms with E-state index in [1.807, 2.05) is 26.8 Å². The van der Waals surface area contributed by atoms with E-state index in [9.17, 15) is 0 Å². The summed E-state index contributed by atoms with van der Waals surface area (Å²) in [6, 6.07) is 8.29. The van der Waals surface area contributed by atoms with Crippen LogP contribution in [0.3, 0.4) is 0 Å². The topological polar surface area (TPSA) is 50.4 Å². The molecule has 90 valence electrons. The third-order valence-electron chi connectivity index (χ3n) is 2.18. The molecule has 1 heterocycles. The van der Waals surface area contributed by atoms with Crippen molar-refractivity contribution < 1.29 is 0 Å². The molecule has 17 heavy (non-hydrogen) atoms. The van der Waals surface area contributed by atoms with Gasteiger partial charge in [-0.05, 0) is 55.8 Å². The van der Waals surface area contributed by atoms with Gasteiger partial charge in [-0.15, -0.1) is 11.3 Å². The van der Waals surface area contributed by atoms with Gasteiger partial charge in [0.05, 0.1) is 5.54 Å². The molecule has 1 aromatic carbocycles. The Bertz CT molecular complexity index is 549. The quantitative estimate of drug-likeness (QED) is 0.599. The maximum Gasteiger partial charge on any atom is 0.193 e. The molecule has 0 saturated carbocycles. The minimum Gasteiger partial charge on any atom is -0.370 e. The molecule has 0 bridgehead atoms. The van der Waals surface area contributed by atoms with Gasteiger partial charge in [0.2, 0.25) is 0 Å². The Hall–Kier alpha value is -1.55. The van der Waals surface area contributed by atoms with E-state index in [2.05, 4.69) is 33.9 Å². The van der Waals surface area contributed by atoms with Crippen molar-refractivity contribution in [3.63, 3.8) is 0 Å². The monoisotopic (exact) mass is 247 g/mol. The van der Waals surface area contributed by atoms with E-state index in [1.54, 1.807) is 11.3 Å². The third kappa shape index (κ3) is 3.20. The first-order valence-corrected chi connectivity index (χ1v) is 6.42. The van der Waals surface area contributed by atoms with Crippen molar-refractivity contribution in [3.8, 4) is 0 Å². The fourth-order valence-corrected chi connectivity index (χ4v) is 2.35. The Morgan fingerprint density at radius 1 is 1.29 bits per heavy atom. The maximum absolute atomic E-state index is 5.85. The summed E-state index contributed by atoms with van der Waals surface area (Å²) in [6.07, 6.45) is 0. The molecule has 0 aliphatic rings. The summed E-state index contributed by atoms with van der Waals surface area (Å²) in [6.45, 7) is 6.05. The van der Waals surface area contributed by atoms with Gasteiger partial charge in [-0.25, -0.2) is 4.99 Å². The smallest absolute Gasteiger partial charge is 0.193 e. The number of fused-ring (bicyclic) bond motifs is 1. The number of guanidine groups is 1. The van der Waals surface area contributed by atoms with E-state index in [0.29, 0.717) is 5.96 Å². The van der Waals surface area contributed by atoms with Crippen LogP contribution in [0.2, 0.25) is 0 Å². The molecule has 1 aromatic heterocycles. The first kappa shape index (κ1) is 11.9. The predicted octanol–water partition coefficient (Wildman–Crippen LogP) is 3.43. The molecule has 0 aliphatic carbocycles. The van der Waals surface area contributed by atoms with Gasteiger partial charge in [-0.3, -0.25) is 0 Å². The highest BCUT2D eigenvalue weighted by atomic mass is 32.1. The van der Waals surface area contributed by atoms with Crippen molar-refractivity contribution in [2.45, 2.75) is 26.3 Å². The van der Waals surface area contributed by atoms with Crippen LogP contribution in [0.5, 0.6) is 0 Å². The van der Waals surface area contributed by atoms with Gasteiger partial charge < -0.3 is 11.1 Å². The number of benzene rings is 1. The molecule has 0 amide bonds. The van der Waals surface area contributed by atoms with Gasteiger partial charge in [-0.1, -0.05) is 0 Å². The van der Waals surface area contributed by atoms with Crippen molar-refractivity contribution in [1.29, 1.82) is 0 Å². The SMILES string of the molecule is CC(C)(C)N=C(N)Nc1ccc2sccc2c1. The summed E-state index contributed by atoms with van der Waals surface area (Å²) in [5.74, 6) is 0.451. The van der Waals surface area contributed by atoms with Crippen LogP contribution in [0.15, 0.2) is 34.6 Å². The number of hydrogen-bond donors (Lipinski definition) is 2. The Balaban J connectivity index is 2.21. The summed E-state index contributed by atoms with van der Waals surface area (Å²) < 4.78 is 1.28. The summed E-state index contributed by atoms with van der Waals surface area (Å²) in [5, 5.41) is 6.42. The van der Waals surface area contributed by atoms with Gasteiger partial charge in [0.1, 0.15) is 0 Å². The lowest BCUT2D eigenvalue weighted by Gasteiger charge is -2.14. The predicted molar refractivity (Wildman–Crippen MR) is 76.8 cm³/mol. The van der Waals surface area contributed by atoms with E-state index >= 15 is 0 Å². The van der Waals surface area contributed by atoms with Crippen LogP contribution in [0.25, 0.3) is 10.1 Å². The first-order chi connectivity index (χ1) is 7.94. The summed E-state index contributed by atoms with van der Waals surface area (Å²) in [7, 11) is 0. The van der Waals surface area contributed by atoms with E-state index < -0.39 is 0 Å². The summed E-state index contributed by atoms with van der Waals surface area (Å²) in [4.78, 5) is 4.36. The van der Waals surface area contributed by atoms with Crippen molar-refractivity contribution in [2.24, 2.45) is 10.7 Å². The van der Waals surface area contributed by atoms with Crippen LogP contribution < -0.4 is 11.1 Å². The van der Waals surface area contributed by atoms with Crippen LogP contribution in [0.1, 0.15) is 20.8 Å². The van der Waals surface area contributed by atoms with Crippen molar-refractivity contribution in [2.75, 3.05) is 5.32 Å². The molecule has 0 fully saturated rings. The number of nitrogens with zero attached hydrogens (tertiary/aromatic N) is 1. The maximum atomic E-state index is 5.85. The second-order valence-corrected chi connectivity index (χ2v) is 5.91. The molecular weight excluding hydrogens is 230 g/mol. The fourth-order valence-electron chi connectivity index (χ4n) is 1.58. The van der Waals surface area contributed by atoms with Crippen LogP contribution >= 0.6 is 11.3 Å². The van der Waals surface area contributed by atoms with E-state index in [1.165, 1.54) is 10.1 Å². The second-order valence-electron chi connectivity index (χ2n) is 4.97. The average Bonchev–Trinajstić information content (AvgIpc) is 2.61. The zero-order chi connectivity index (χ0) is 12.5. The highest BCUT2D eigenvalue weighted by Gasteiger charge is 2.08. The molecular formula is C13H17N3S. The largest absolute Gasteiger partial charge is 0.370 e. The van der Waals surface area contributed by atoms with E-state index in [-0.39, 0.29) is 5.54 Å². The molecule has 0 atom stereocenters. The molecule has 2 aromatic rings. The Morgan fingerprint density at radius 2 is 2.06 bits per heavy atom. The molecule has 0 saturated heterocycles. The number of thiophene rings is 1. The molecule has 4 heteroatoms. The Morgan fingerprint density at radius 3 is 2.76 bits per heavy atom. The summed E-state index contributed by atoms with van der Waals surface area (Å²) in [5.41, 5.74) is 6.66. The molecule has 3 nitrogen and oxygen atoms in total. The number of anilines is 1. The zero-order valence-electron chi connectivity index (χ0n) is 10.3. The fraction of sp³-hybridized carbons (Fsp3) is 0.308. The van der Waals surface area contributed by atoms with Gasteiger partial charge in [-0.2, -0.15) is 0 Å². The van der Waals surface area contributed by atoms with Gasteiger partial charge in [0.25, 0.3) is 0 Å². The van der Waals surface area contributed by atoms with Crippen LogP contribution in [0.4, 0.5) is 5.69 Å². The van der Waals surface area contributed by atoms with Crippen molar-refractivity contribution >= 4 is 33.1 Å². The minimum absolute atomic E-state index is 0.163. The van der Waals surface area contributed by atoms with Crippen molar-refractivity contribution in [3.05, 3.63) is 29.6 Å².